The van der Waals surface area contributed by atoms with E-state index in [0.29, 0.717) is 36.2 Å². The summed E-state index contributed by atoms with van der Waals surface area (Å²) in [6.45, 7) is 1.82. The zero-order valence-electron chi connectivity index (χ0n) is 28.6. The highest BCUT2D eigenvalue weighted by Gasteiger charge is 2.44. The predicted molar refractivity (Wildman–Crippen MR) is 208 cm³/mol. The van der Waals surface area contributed by atoms with Gasteiger partial charge >= 0.3 is 0 Å². The number of benzene rings is 6. The molecule has 1 unspecified atom stereocenters. The zero-order chi connectivity index (χ0) is 35.8. The highest BCUT2D eigenvalue weighted by Crippen LogP contribution is 2.34. The van der Waals surface area contributed by atoms with Crippen LogP contribution in [-0.4, -0.2) is 33.3 Å². The smallest absolute Gasteiger partial charge is 0.258 e. The number of nitrogens with two attached hydrogens (primary N) is 1. The molecule has 0 spiro atoms. The summed E-state index contributed by atoms with van der Waals surface area (Å²) in [5.74, 6) is -0.427. The molecule has 0 radical (unpaired) electrons. The summed E-state index contributed by atoms with van der Waals surface area (Å²) >= 11 is 13.0. The molecule has 3 N–H and O–H groups in total. The Morgan fingerprint density at radius 3 is 1.81 bits per heavy atom. The van der Waals surface area contributed by atoms with E-state index in [1.807, 2.05) is 89.8 Å². The third kappa shape index (κ3) is 6.71. The quantitative estimate of drug-likeness (QED) is 0.147. The number of halogens is 2. The van der Waals surface area contributed by atoms with E-state index in [1.165, 1.54) is 0 Å². The number of carbonyl (C=O) groups is 2. The lowest BCUT2D eigenvalue weighted by atomic mass is 9.89. The Morgan fingerprint density at radius 1 is 0.654 bits per heavy atom. The third-order valence-corrected chi connectivity index (χ3v) is 11.0. The van der Waals surface area contributed by atoms with Crippen LogP contribution in [0.25, 0.3) is 21.9 Å². The minimum absolute atomic E-state index is 0.145. The van der Waals surface area contributed by atoms with E-state index in [1.54, 1.807) is 17.0 Å². The van der Waals surface area contributed by atoms with E-state index in [0.717, 1.165) is 55.3 Å². The number of rotatable bonds is 9. The van der Waals surface area contributed by atoms with Gasteiger partial charge in [0.05, 0.1) is 6.04 Å². The van der Waals surface area contributed by atoms with Crippen molar-refractivity contribution in [1.29, 1.82) is 0 Å². The van der Waals surface area contributed by atoms with Gasteiger partial charge in [-0.15, -0.1) is 0 Å². The predicted octanol–water partition coefficient (Wildman–Crippen LogP) is 8.30. The maximum atomic E-state index is 15.0. The van der Waals surface area contributed by atoms with E-state index < -0.39 is 11.7 Å². The molecular weight excluding hydrogens is 687 g/mol. The number of nitrogens with zero attached hydrogens (tertiary/aromatic N) is 2. The van der Waals surface area contributed by atoms with Crippen molar-refractivity contribution in [2.45, 2.75) is 50.7 Å². The fourth-order valence-corrected chi connectivity index (χ4v) is 8.25. The number of fused-ring (bicyclic) bond motifs is 3. The summed E-state index contributed by atoms with van der Waals surface area (Å²) in [6.07, 6.45) is 0.356. The van der Waals surface area contributed by atoms with Gasteiger partial charge in [0.15, 0.2) is 5.66 Å². The summed E-state index contributed by atoms with van der Waals surface area (Å²) in [7, 11) is 0. The van der Waals surface area contributed by atoms with Crippen LogP contribution in [0.1, 0.15) is 33.4 Å². The van der Waals surface area contributed by atoms with Crippen molar-refractivity contribution in [3.63, 3.8) is 0 Å². The normalized spacial score (nSPS) is 15.3. The van der Waals surface area contributed by atoms with Gasteiger partial charge in [-0.3, -0.25) is 14.9 Å². The Bertz CT molecular complexity index is 2260. The maximum Gasteiger partial charge on any atom is 0.258 e. The van der Waals surface area contributed by atoms with Crippen molar-refractivity contribution >= 4 is 45.8 Å². The average molecular weight is 726 g/mol. The van der Waals surface area contributed by atoms with Gasteiger partial charge < -0.3 is 15.5 Å². The first-order chi connectivity index (χ1) is 25.3. The van der Waals surface area contributed by atoms with Crippen molar-refractivity contribution in [2.75, 3.05) is 0 Å². The van der Waals surface area contributed by atoms with Crippen molar-refractivity contribution in [3.05, 3.63) is 177 Å². The van der Waals surface area contributed by atoms with Crippen LogP contribution >= 0.6 is 23.2 Å². The van der Waals surface area contributed by atoms with Gasteiger partial charge in [0.1, 0.15) is 0 Å². The highest BCUT2D eigenvalue weighted by molar-refractivity contribution is 6.35. The van der Waals surface area contributed by atoms with Crippen LogP contribution in [0.15, 0.2) is 133 Å². The molecule has 2 aliphatic heterocycles. The van der Waals surface area contributed by atoms with Gasteiger partial charge in [0.25, 0.3) is 5.91 Å². The molecule has 260 valence electrons. The molecule has 2 heterocycles. The summed E-state index contributed by atoms with van der Waals surface area (Å²) in [4.78, 5) is 33.3. The lowest BCUT2D eigenvalue weighted by Gasteiger charge is -2.37. The van der Waals surface area contributed by atoms with Crippen LogP contribution < -0.4 is 11.1 Å². The van der Waals surface area contributed by atoms with Crippen molar-refractivity contribution in [3.8, 4) is 11.1 Å². The van der Waals surface area contributed by atoms with Gasteiger partial charge in [-0.25, -0.2) is 0 Å². The number of hydrogen-bond donors (Lipinski definition) is 2. The molecule has 6 aromatic rings. The molecule has 0 aliphatic carbocycles. The van der Waals surface area contributed by atoms with Crippen LogP contribution in [0.3, 0.4) is 0 Å². The molecule has 6 aromatic carbocycles. The molecule has 0 bridgehead atoms. The first-order valence-corrected chi connectivity index (χ1v) is 18.3. The van der Waals surface area contributed by atoms with Crippen LogP contribution in [0, 0.1) is 0 Å². The van der Waals surface area contributed by atoms with Crippen molar-refractivity contribution in [1.82, 2.24) is 15.1 Å². The first kappa shape index (κ1) is 34.1. The molecular formula is C44H38Cl2N4O2. The third-order valence-electron chi connectivity index (χ3n) is 10.4. The summed E-state index contributed by atoms with van der Waals surface area (Å²) in [6, 6.07) is 43.2. The standard InChI is InChI=1S/C44H38Cl2N4O2/c45-36-20-18-30(40(46)23-36)22-41(42(51)49-25-32-12-4-5-13-33(32)26-49)48-44(47,43(52)50-27-34-14-6-7-15-35(34)28-50)24-31-19-21-38(29-10-2-1-3-11-29)39-17-9-8-16-37(31)39/h1-21,23,41,48H,22,24-28,47H2/t41?,44-/m1/s1. The SMILES string of the molecule is N[C@](Cc1ccc(-c2ccccc2)c2ccccc12)(NC(Cc1ccc(Cl)cc1Cl)C(=O)N1Cc2ccccc2C1)C(=O)N1Cc2ccccc2C1. The molecule has 6 nitrogen and oxygen atoms in total. The lowest BCUT2D eigenvalue weighted by molar-refractivity contribution is -0.141. The van der Waals surface area contributed by atoms with E-state index in [2.05, 4.69) is 41.7 Å². The highest BCUT2D eigenvalue weighted by atomic mass is 35.5. The van der Waals surface area contributed by atoms with Crippen molar-refractivity contribution < 1.29 is 9.59 Å². The zero-order valence-corrected chi connectivity index (χ0v) is 30.1. The second-order valence-electron chi connectivity index (χ2n) is 13.9. The Morgan fingerprint density at radius 2 is 1.19 bits per heavy atom. The average Bonchev–Trinajstić information content (AvgIpc) is 3.80. The Kier molecular flexibility index (Phi) is 9.32. The molecule has 0 aromatic heterocycles. The maximum absolute atomic E-state index is 15.0. The van der Waals surface area contributed by atoms with Crippen LogP contribution in [0.5, 0.6) is 0 Å². The summed E-state index contributed by atoms with van der Waals surface area (Å²) in [5.41, 5.74) is 14.0. The van der Waals surface area contributed by atoms with E-state index in [-0.39, 0.29) is 24.7 Å². The van der Waals surface area contributed by atoms with E-state index in [9.17, 15) is 9.59 Å². The van der Waals surface area contributed by atoms with Crippen LogP contribution in [-0.2, 0) is 48.6 Å². The van der Waals surface area contributed by atoms with E-state index >= 15 is 0 Å². The van der Waals surface area contributed by atoms with Gasteiger partial charge in [-0.2, -0.15) is 0 Å². The van der Waals surface area contributed by atoms with Crippen LogP contribution in [0.4, 0.5) is 0 Å². The molecule has 52 heavy (non-hydrogen) atoms. The Labute approximate surface area is 313 Å². The number of hydrogen-bond acceptors (Lipinski definition) is 4. The van der Waals surface area contributed by atoms with Gasteiger partial charge in [-0.1, -0.05) is 145 Å². The molecule has 0 saturated carbocycles. The topological polar surface area (TPSA) is 78.7 Å². The molecule has 0 saturated heterocycles. The minimum Gasteiger partial charge on any atom is -0.333 e. The van der Waals surface area contributed by atoms with Crippen molar-refractivity contribution in [2.24, 2.45) is 5.73 Å². The van der Waals surface area contributed by atoms with Gasteiger partial charge in [0, 0.05) is 42.6 Å². The number of amides is 2. The molecule has 2 aliphatic rings. The Balaban J connectivity index is 1.20. The second kappa shape index (κ2) is 14.2. The van der Waals surface area contributed by atoms with Crippen LogP contribution in [0.2, 0.25) is 10.0 Å². The minimum atomic E-state index is -1.66. The monoisotopic (exact) mass is 724 g/mol. The second-order valence-corrected chi connectivity index (χ2v) is 14.7. The Hall–Kier alpha value is -4.98. The number of carbonyl (C=O) groups excluding carboxylic acids is 2. The number of nitrogens with one attached hydrogen (secondary N) is 1. The molecule has 2 atom stereocenters. The van der Waals surface area contributed by atoms with E-state index in [4.69, 9.17) is 28.9 Å². The fraction of sp³-hybridized carbons (Fsp3) is 0.182. The summed E-state index contributed by atoms with van der Waals surface area (Å²) < 4.78 is 0. The van der Waals surface area contributed by atoms with Gasteiger partial charge in [-0.05, 0) is 73.8 Å². The molecule has 8 heteroatoms. The molecule has 8 rings (SSSR count). The molecule has 0 fully saturated rings. The summed E-state index contributed by atoms with van der Waals surface area (Å²) in [5, 5.41) is 6.50. The molecule has 2 amide bonds. The lowest BCUT2D eigenvalue weighted by Crippen LogP contribution is -2.69. The largest absolute Gasteiger partial charge is 0.333 e. The van der Waals surface area contributed by atoms with Gasteiger partial charge in [0.2, 0.25) is 5.91 Å². The first-order valence-electron chi connectivity index (χ1n) is 17.5. The fourth-order valence-electron chi connectivity index (χ4n) is 7.76.